The number of anilines is 2. The molecule has 3 aromatic rings. The van der Waals surface area contributed by atoms with Crippen molar-refractivity contribution in [3.63, 3.8) is 0 Å². The van der Waals surface area contributed by atoms with Crippen molar-refractivity contribution in [2.24, 2.45) is 0 Å². The molecule has 31 heavy (non-hydrogen) atoms. The van der Waals surface area contributed by atoms with Gasteiger partial charge in [-0.05, 0) is 48.0 Å². The van der Waals surface area contributed by atoms with Gasteiger partial charge in [0.05, 0.1) is 16.8 Å². The minimum atomic E-state index is -0.0715. The van der Waals surface area contributed by atoms with E-state index >= 15 is 0 Å². The number of hydrogen-bond donors (Lipinski definition) is 0. The summed E-state index contributed by atoms with van der Waals surface area (Å²) in [6.07, 6.45) is 0. The highest BCUT2D eigenvalue weighted by atomic mass is 35.5. The van der Waals surface area contributed by atoms with E-state index in [-0.39, 0.29) is 12.1 Å². The van der Waals surface area contributed by atoms with Crippen LogP contribution >= 0.6 is 34.8 Å². The molecule has 0 aliphatic carbocycles. The standard InChI is InChI=1S/C24H22Cl3N3O/c1-28(20-5-3-2-4-6-20)24(31)29-13-14-30(22-12-11-19(26)15-21(22)27)23(16-29)17-7-9-18(25)10-8-17/h2-12,15,23H,13-14,16H2,1H3. The molecular weight excluding hydrogens is 453 g/mol. The first-order valence-corrected chi connectivity index (χ1v) is 11.1. The van der Waals surface area contributed by atoms with E-state index in [1.807, 2.05) is 71.6 Å². The molecule has 0 saturated carbocycles. The zero-order valence-corrected chi connectivity index (χ0v) is 19.3. The molecule has 0 spiro atoms. The molecular formula is C24H22Cl3N3O. The van der Waals surface area contributed by atoms with Crippen molar-refractivity contribution in [2.45, 2.75) is 6.04 Å². The molecule has 1 saturated heterocycles. The van der Waals surface area contributed by atoms with Crippen molar-refractivity contribution in [1.29, 1.82) is 0 Å². The zero-order valence-electron chi connectivity index (χ0n) is 17.0. The van der Waals surface area contributed by atoms with Crippen molar-refractivity contribution in [3.05, 3.63) is 93.4 Å². The van der Waals surface area contributed by atoms with E-state index in [1.54, 1.807) is 18.0 Å². The van der Waals surface area contributed by atoms with Crippen molar-refractivity contribution < 1.29 is 4.79 Å². The van der Waals surface area contributed by atoms with Crippen molar-refractivity contribution in [1.82, 2.24) is 4.90 Å². The third kappa shape index (κ3) is 4.77. The lowest BCUT2D eigenvalue weighted by atomic mass is 10.0. The summed E-state index contributed by atoms with van der Waals surface area (Å²) >= 11 is 18.8. The summed E-state index contributed by atoms with van der Waals surface area (Å²) < 4.78 is 0. The predicted molar refractivity (Wildman–Crippen MR) is 130 cm³/mol. The van der Waals surface area contributed by atoms with Crippen LogP contribution in [-0.2, 0) is 0 Å². The number of benzene rings is 3. The Balaban J connectivity index is 1.64. The van der Waals surface area contributed by atoms with Gasteiger partial charge in [0.15, 0.2) is 0 Å². The van der Waals surface area contributed by atoms with Crippen LogP contribution in [0.4, 0.5) is 16.2 Å². The fraction of sp³-hybridized carbons (Fsp3) is 0.208. The lowest BCUT2D eigenvalue weighted by molar-refractivity contribution is 0.193. The zero-order chi connectivity index (χ0) is 22.0. The van der Waals surface area contributed by atoms with Crippen LogP contribution in [0.15, 0.2) is 72.8 Å². The van der Waals surface area contributed by atoms with Crippen LogP contribution in [-0.4, -0.2) is 37.6 Å². The Labute approximate surface area is 197 Å². The second-order valence-electron chi connectivity index (χ2n) is 7.48. The van der Waals surface area contributed by atoms with Gasteiger partial charge in [-0.1, -0.05) is 65.1 Å². The monoisotopic (exact) mass is 473 g/mol. The first kappa shape index (κ1) is 21.8. The van der Waals surface area contributed by atoms with Crippen LogP contribution in [0.1, 0.15) is 11.6 Å². The number of rotatable bonds is 3. The van der Waals surface area contributed by atoms with Gasteiger partial charge >= 0.3 is 6.03 Å². The molecule has 1 unspecified atom stereocenters. The highest BCUT2D eigenvalue weighted by Gasteiger charge is 2.33. The van der Waals surface area contributed by atoms with Gasteiger partial charge in [-0.25, -0.2) is 4.79 Å². The number of halogens is 3. The van der Waals surface area contributed by atoms with Crippen LogP contribution in [0.5, 0.6) is 0 Å². The van der Waals surface area contributed by atoms with E-state index in [2.05, 4.69) is 4.90 Å². The largest absolute Gasteiger partial charge is 0.360 e. The smallest absolute Gasteiger partial charge is 0.324 e. The highest BCUT2D eigenvalue weighted by molar-refractivity contribution is 6.36. The number of nitrogens with zero attached hydrogens (tertiary/aromatic N) is 3. The van der Waals surface area contributed by atoms with Crippen LogP contribution in [0, 0.1) is 0 Å². The van der Waals surface area contributed by atoms with Crippen LogP contribution in [0.25, 0.3) is 0 Å². The van der Waals surface area contributed by atoms with Gasteiger partial charge in [-0.15, -0.1) is 0 Å². The Morgan fingerprint density at radius 1 is 0.903 bits per heavy atom. The Morgan fingerprint density at radius 3 is 2.26 bits per heavy atom. The number of para-hydroxylation sites is 1. The predicted octanol–water partition coefficient (Wildman–Crippen LogP) is 6.77. The number of hydrogen-bond acceptors (Lipinski definition) is 2. The number of urea groups is 1. The van der Waals surface area contributed by atoms with Gasteiger partial charge in [0.2, 0.25) is 0 Å². The molecule has 4 nitrogen and oxygen atoms in total. The normalized spacial score (nSPS) is 16.3. The lowest BCUT2D eigenvalue weighted by Crippen LogP contribution is -2.53. The third-order valence-corrected chi connectivity index (χ3v) is 6.35. The Morgan fingerprint density at radius 2 is 1.58 bits per heavy atom. The van der Waals surface area contributed by atoms with Gasteiger partial charge in [0, 0.05) is 42.4 Å². The van der Waals surface area contributed by atoms with Crippen molar-refractivity contribution in [2.75, 3.05) is 36.5 Å². The Hall–Kier alpha value is -2.40. The summed E-state index contributed by atoms with van der Waals surface area (Å²) in [5.41, 5.74) is 2.82. The molecule has 2 amide bonds. The summed E-state index contributed by atoms with van der Waals surface area (Å²) in [5, 5.41) is 1.86. The molecule has 0 aromatic heterocycles. The van der Waals surface area contributed by atoms with Crippen LogP contribution in [0.3, 0.4) is 0 Å². The second kappa shape index (κ2) is 9.39. The molecule has 0 radical (unpaired) electrons. The van der Waals surface area contributed by atoms with Gasteiger partial charge < -0.3 is 9.80 Å². The number of piperazine rings is 1. The summed E-state index contributed by atoms with van der Waals surface area (Å²) in [4.78, 5) is 19.0. The minimum absolute atomic E-state index is 0.0352. The van der Waals surface area contributed by atoms with Gasteiger partial charge in [-0.2, -0.15) is 0 Å². The van der Waals surface area contributed by atoms with E-state index < -0.39 is 0 Å². The lowest BCUT2D eigenvalue weighted by Gasteiger charge is -2.44. The van der Waals surface area contributed by atoms with Crippen molar-refractivity contribution in [3.8, 4) is 0 Å². The average Bonchev–Trinajstić information content (AvgIpc) is 2.79. The van der Waals surface area contributed by atoms with E-state index in [9.17, 15) is 4.79 Å². The highest BCUT2D eigenvalue weighted by Crippen LogP contribution is 2.37. The van der Waals surface area contributed by atoms with E-state index in [4.69, 9.17) is 34.8 Å². The topological polar surface area (TPSA) is 26.8 Å². The summed E-state index contributed by atoms with van der Waals surface area (Å²) in [5.74, 6) is 0. The summed E-state index contributed by atoms with van der Waals surface area (Å²) in [6, 6.07) is 22.8. The van der Waals surface area contributed by atoms with Crippen molar-refractivity contribution >= 4 is 52.2 Å². The Bertz CT molecular complexity index is 1060. The van der Waals surface area contributed by atoms with Gasteiger partial charge in [-0.3, -0.25) is 4.90 Å². The van der Waals surface area contributed by atoms with Gasteiger partial charge in [0.25, 0.3) is 0 Å². The average molecular weight is 475 g/mol. The molecule has 1 aliphatic heterocycles. The number of carbonyl (C=O) groups excluding carboxylic acids is 1. The molecule has 7 heteroatoms. The molecule has 160 valence electrons. The Kier molecular flexibility index (Phi) is 6.61. The summed E-state index contributed by atoms with van der Waals surface area (Å²) in [6.45, 7) is 1.75. The second-order valence-corrected chi connectivity index (χ2v) is 8.76. The summed E-state index contributed by atoms with van der Waals surface area (Å²) in [7, 11) is 1.80. The molecule has 1 aliphatic rings. The van der Waals surface area contributed by atoms with Crippen LogP contribution < -0.4 is 9.80 Å². The SMILES string of the molecule is CN(C(=O)N1CCN(c2ccc(Cl)cc2Cl)C(c2ccc(Cl)cc2)C1)c1ccccc1. The molecule has 1 heterocycles. The third-order valence-electron chi connectivity index (χ3n) is 5.56. The van der Waals surface area contributed by atoms with E-state index in [0.717, 1.165) is 16.9 Å². The van der Waals surface area contributed by atoms with Gasteiger partial charge in [0.1, 0.15) is 0 Å². The maximum Gasteiger partial charge on any atom is 0.324 e. The first-order valence-electron chi connectivity index (χ1n) is 9.99. The fourth-order valence-electron chi connectivity index (χ4n) is 3.90. The molecule has 0 bridgehead atoms. The molecule has 4 rings (SSSR count). The fourth-order valence-corrected chi connectivity index (χ4v) is 4.55. The first-order chi connectivity index (χ1) is 14.9. The molecule has 1 fully saturated rings. The number of carbonyl (C=O) groups is 1. The molecule has 3 aromatic carbocycles. The van der Waals surface area contributed by atoms with Crippen LogP contribution in [0.2, 0.25) is 15.1 Å². The van der Waals surface area contributed by atoms with E-state index in [0.29, 0.717) is 34.7 Å². The van der Waals surface area contributed by atoms with E-state index in [1.165, 1.54) is 0 Å². The quantitative estimate of drug-likeness (QED) is 0.419. The maximum absolute atomic E-state index is 13.3. The molecule has 0 N–H and O–H groups in total. The number of amides is 2. The minimum Gasteiger partial charge on any atom is -0.360 e. The maximum atomic E-state index is 13.3. The molecule has 1 atom stereocenters.